The topological polar surface area (TPSA) is 17.8 Å². The van der Waals surface area contributed by atoms with Gasteiger partial charge in [0.15, 0.2) is 0 Å². The number of nitrogens with zero attached hydrogens (tertiary/aromatic N) is 2. The first-order valence-corrected chi connectivity index (χ1v) is 7.44. The standard InChI is InChI=1S/C19H20N2/c1-16(11-13-21-14-12-20-15-21)17-7-9-19(10-8-17)18-5-3-2-4-6-18/h2-10,12,14-16H,11,13H2,1H3. The third-order valence-electron chi connectivity index (χ3n) is 3.97. The lowest BCUT2D eigenvalue weighted by atomic mass is 9.95. The van der Waals surface area contributed by atoms with Gasteiger partial charge in [0.25, 0.3) is 0 Å². The molecule has 3 aromatic rings. The van der Waals surface area contributed by atoms with E-state index in [1.165, 1.54) is 16.7 Å². The minimum absolute atomic E-state index is 0.553. The van der Waals surface area contributed by atoms with Crippen molar-refractivity contribution >= 4 is 0 Å². The number of hydrogen-bond donors (Lipinski definition) is 0. The van der Waals surface area contributed by atoms with Crippen LogP contribution in [-0.4, -0.2) is 9.55 Å². The molecule has 0 saturated carbocycles. The van der Waals surface area contributed by atoms with Crippen molar-refractivity contribution in [2.24, 2.45) is 0 Å². The van der Waals surface area contributed by atoms with E-state index in [1.54, 1.807) is 0 Å². The fourth-order valence-corrected chi connectivity index (χ4v) is 2.56. The van der Waals surface area contributed by atoms with Crippen LogP contribution in [0.1, 0.15) is 24.8 Å². The van der Waals surface area contributed by atoms with E-state index >= 15 is 0 Å². The van der Waals surface area contributed by atoms with Crippen molar-refractivity contribution in [1.29, 1.82) is 0 Å². The van der Waals surface area contributed by atoms with Crippen molar-refractivity contribution in [1.82, 2.24) is 9.55 Å². The molecule has 0 saturated heterocycles. The Balaban J connectivity index is 1.66. The highest BCUT2D eigenvalue weighted by molar-refractivity contribution is 5.63. The molecule has 2 aromatic carbocycles. The highest BCUT2D eigenvalue weighted by atomic mass is 15.0. The van der Waals surface area contributed by atoms with Crippen LogP contribution in [-0.2, 0) is 6.54 Å². The van der Waals surface area contributed by atoms with E-state index in [0.717, 1.165) is 13.0 Å². The van der Waals surface area contributed by atoms with Gasteiger partial charge in [-0.2, -0.15) is 0 Å². The van der Waals surface area contributed by atoms with Crippen molar-refractivity contribution in [2.45, 2.75) is 25.8 Å². The second-order valence-electron chi connectivity index (χ2n) is 5.48. The third-order valence-corrected chi connectivity index (χ3v) is 3.97. The summed E-state index contributed by atoms with van der Waals surface area (Å²) in [7, 11) is 0. The Kier molecular flexibility index (Phi) is 4.15. The second-order valence-corrected chi connectivity index (χ2v) is 5.48. The van der Waals surface area contributed by atoms with E-state index in [-0.39, 0.29) is 0 Å². The Morgan fingerprint density at radius 2 is 1.67 bits per heavy atom. The largest absolute Gasteiger partial charge is 0.337 e. The normalized spacial score (nSPS) is 12.2. The summed E-state index contributed by atoms with van der Waals surface area (Å²) in [6, 6.07) is 19.5. The summed E-state index contributed by atoms with van der Waals surface area (Å²) in [5.74, 6) is 0.553. The molecule has 0 radical (unpaired) electrons. The van der Waals surface area contributed by atoms with Crippen LogP contribution in [0.25, 0.3) is 11.1 Å². The van der Waals surface area contributed by atoms with Gasteiger partial charge in [-0.3, -0.25) is 0 Å². The van der Waals surface area contributed by atoms with Crippen molar-refractivity contribution in [2.75, 3.05) is 0 Å². The van der Waals surface area contributed by atoms with Gasteiger partial charge in [0.1, 0.15) is 0 Å². The van der Waals surface area contributed by atoms with Crippen LogP contribution in [0.5, 0.6) is 0 Å². The van der Waals surface area contributed by atoms with Gasteiger partial charge in [0, 0.05) is 18.9 Å². The number of imidazole rings is 1. The Hall–Kier alpha value is -2.35. The van der Waals surface area contributed by atoms with Crippen LogP contribution < -0.4 is 0 Å². The second kappa shape index (κ2) is 6.40. The van der Waals surface area contributed by atoms with Gasteiger partial charge >= 0.3 is 0 Å². The van der Waals surface area contributed by atoms with Crippen LogP contribution in [0.15, 0.2) is 73.3 Å². The third kappa shape index (κ3) is 3.40. The summed E-state index contributed by atoms with van der Waals surface area (Å²) in [6.45, 7) is 3.30. The number of aryl methyl sites for hydroxylation is 1. The van der Waals surface area contributed by atoms with Crippen LogP contribution in [0.4, 0.5) is 0 Å². The Labute approximate surface area is 126 Å². The first-order chi connectivity index (χ1) is 10.3. The number of benzene rings is 2. The molecule has 1 unspecified atom stereocenters. The molecule has 0 amide bonds. The molecule has 106 valence electrons. The summed E-state index contributed by atoms with van der Waals surface area (Å²) in [5, 5.41) is 0. The smallest absolute Gasteiger partial charge is 0.0945 e. The molecule has 21 heavy (non-hydrogen) atoms. The minimum Gasteiger partial charge on any atom is -0.337 e. The number of hydrogen-bond acceptors (Lipinski definition) is 1. The van der Waals surface area contributed by atoms with Gasteiger partial charge in [-0.1, -0.05) is 61.5 Å². The molecule has 0 spiro atoms. The van der Waals surface area contributed by atoms with Crippen molar-refractivity contribution < 1.29 is 0 Å². The first kappa shape index (κ1) is 13.6. The molecule has 0 fully saturated rings. The zero-order valence-electron chi connectivity index (χ0n) is 12.3. The van der Waals surface area contributed by atoms with E-state index in [0.29, 0.717) is 5.92 Å². The molecule has 0 bridgehead atoms. The van der Waals surface area contributed by atoms with Gasteiger partial charge in [-0.15, -0.1) is 0 Å². The maximum Gasteiger partial charge on any atom is 0.0945 e. The van der Waals surface area contributed by atoms with E-state index in [1.807, 2.05) is 18.7 Å². The van der Waals surface area contributed by atoms with Crippen molar-refractivity contribution in [3.05, 3.63) is 78.9 Å². The average Bonchev–Trinajstić information content (AvgIpc) is 3.07. The van der Waals surface area contributed by atoms with E-state index in [2.05, 4.69) is 71.1 Å². The zero-order chi connectivity index (χ0) is 14.5. The van der Waals surface area contributed by atoms with Crippen molar-refractivity contribution in [3.8, 4) is 11.1 Å². The summed E-state index contributed by atoms with van der Waals surface area (Å²) >= 11 is 0. The molecule has 0 aliphatic carbocycles. The zero-order valence-corrected chi connectivity index (χ0v) is 12.3. The SMILES string of the molecule is CC(CCn1ccnc1)c1ccc(-c2ccccc2)cc1. The minimum atomic E-state index is 0.553. The van der Waals surface area contributed by atoms with Gasteiger partial charge in [-0.25, -0.2) is 4.98 Å². The molecule has 3 rings (SSSR count). The number of aromatic nitrogens is 2. The van der Waals surface area contributed by atoms with Gasteiger partial charge in [0.2, 0.25) is 0 Å². The van der Waals surface area contributed by atoms with Gasteiger partial charge in [-0.05, 0) is 29.0 Å². The molecule has 0 aliphatic rings. The molecule has 0 aliphatic heterocycles. The fraction of sp³-hybridized carbons (Fsp3) is 0.211. The molecule has 0 N–H and O–H groups in total. The molecule has 2 nitrogen and oxygen atoms in total. The summed E-state index contributed by atoms with van der Waals surface area (Å²) in [4.78, 5) is 4.08. The highest BCUT2D eigenvalue weighted by Gasteiger charge is 2.06. The molecule has 1 atom stereocenters. The number of rotatable bonds is 5. The molecular weight excluding hydrogens is 256 g/mol. The predicted octanol–water partition coefficient (Wildman–Crippen LogP) is 4.74. The van der Waals surface area contributed by atoms with Crippen LogP contribution >= 0.6 is 0 Å². The first-order valence-electron chi connectivity index (χ1n) is 7.44. The maximum atomic E-state index is 4.08. The fourth-order valence-electron chi connectivity index (χ4n) is 2.56. The van der Waals surface area contributed by atoms with E-state index in [9.17, 15) is 0 Å². The molecular formula is C19H20N2. The van der Waals surface area contributed by atoms with Crippen LogP contribution in [0.2, 0.25) is 0 Å². The van der Waals surface area contributed by atoms with E-state index in [4.69, 9.17) is 0 Å². The average molecular weight is 276 g/mol. The molecule has 2 heteroatoms. The Bertz CT molecular complexity index is 655. The van der Waals surface area contributed by atoms with E-state index < -0.39 is 0 Å². The quantitative estimate of drug-likeness (QED) is 0.658. The monoisotopic (exact) mass is 276 g/mol. The Morgan fingerprint density at radius 1 is 0.952 bits per heavy atom. The molecule has 1 aromatic heterocycles. The van der Waals surface area contributed by atoms with Gasteiger partial charge in [0.05, 0.1) is 6.33 Å². The predicted molar refractivity (Wildman–Crippen MR) is 87.1 cm³/mol. The van der Waals surface area contributed by atoms with Crippen LogP contribution in [0.3, 0.4) is 0 Å². The van der Waals surface area contributed by atoms with Gasteiger partial charge < -0.3 is 4.57 Å². The summed E-state index contributed by atoms with van der Waals surface area (Å²) in [5.41, 5.74) is 3.95. The lowest BCUT2D eigenvalue weighted by Gasteiger charge is -2.13. The lowest BCUT2D eigenvalue weighted by molar-refractivity contribution is 0.576. The highest BCUT2D eigenvalue weighted by Crippen LogP contribution is 2.24. The summed E-state index contributed by atoms with van der Waals surface area (Å²) < 4.78 is 2.13. The van der Waals surface area contributed by atoms with Crippen LogP contribution in [0, 0.1) is 0 Å². The lowest BCUT2D eigenvalue weighted by Crippen LogP contribution is -2.01. The maximum absolute atomic E-state index is 4.08. The molecule has 1 heterocycles. The Morgan fingerprint density at radius 3 is 2.33 bits per heavy atom. The summed E-state index contributed by atoms with van der Waals surface area (Å²) in [6.07, 6.45) is 6.86. The van der Waals surface area contributed by atoms with Crippen molar-refractivity contribution in [3.63, 3.8) is 0 Å².